The average Bonchev–Trinajstić information content (AvgIpc) is 3.12. The maximum atomic E-state index is 2.74. The monoisotopic (exact) mass is 710 g/mol. The molecule has 0 aromatic heterocycles. The van der Waals surface area contributed by atoms with E-state index in [2.05, 4.69) is 67.2 Å². The Morgan fingerprint density at radius 1 is 0.180 bits per heavy atom. The Kier molecular flexibility index (Phi) is 69.2. The fourth-order valence-corrected chi connectivity index (χ4v) is 6.53. The normalized spacial score (nSPS) is 10.7. The third-order valence-electron chi connectivity index (χ3n) is 9.86. The summed E-state index contributed by atoms with van der Waals surface area (Å²) in [5.41, 5.74) is 0. The van der Waals surface area contributed by atoms with Crippen molar-refractivity contribution in [3.63, 3.8) is 0 Å². The van der Waals surface area contributed by atoms with E-state index in [1.54, 1.807) is 0 Å². The Balaban J connectivity index is -0.000000406. The van der Waals surface area contributed by atoms with Crippen LogP contribution in [0.1, 0.15) is 300 Å². The fraction of sp³-hybridized carbons (Fsp3) is 1.00. The Bertz CT molecular complexity index is 448. The number of rotatable bonds is 37. The minimum Gasteiger partial charge on any atom is -0.303 e. The Morgan fingerprint density at radius 2 is 0.340 bits per heavy atom. The van der Waals surface area contributed by atoms with Gasteiger partial charge in [0.15, 0.2) is 0 Å². The predicted octanol–water partition coefficient (Wildman–Crippen LogP) is 18.9. The molecule has 0 spiro atoms. The fourth-order valence-electron chi connectivity index (χ4n) is 6.53. The van der Waals surface area contributed by atoms with Crippen LogP contribution < -0.4 is 0 Å². The van der Waals surface area contributed by atoms with E-state index in [9.17, 15) is 0 Å². The first-order valence-electron chi connectivity index (χ1n) is 24.3. The molecule has 0 rings (SSSR count). The third kappa shape index (κ3) is 66.2. The van der Waals surface area contributed by atoms with Crippen LogP contribution in [0, 0.1) is 0 Å². The molecule has 0 amide bonds. The standard InChI is InChI=1S/C28H59N.2C9H20.C3H8/c1-4-7-9-11-13-14-15-16-17-18-19-21-23-25-28-29(26-6-3)27-24-22-20-12-10-8-5-2;2*1-3-5-7-9-8-6-4-2;1-3-2/h4-28H2,1-3H3;2*3-9H2,1-2H3;3H2,1-2H3. The van der Waals surface area contributed by atoms with Gasteiger partial charge in [-0.25, -0.2) is 0 Å². The Labute approximate surface area is 323 Å². The molecule has 0 N–H and O–H groups in total. The highest BCUT2D eigenvalue weighted by Gasteiger charge is 2.03. The molecule has 0 atom stereocenters. The van der Waals surface area contributed by atoms with Gasteiger partial charge in [-0.15, -0.1) is 0 Å². The minimum absolute atomic E-state index is 1.25. The summed E-state index contributed by atoms with van der Waals surface area (Å²) < 4.78 is 0. The van der Waals surface area contributed by atoms with E-state index in [4.69, 9.17) is 0 Å². The lowest BCUT2D eigenvalue weighted by molar-refractivity contribution is 0.260. The van der Waals surface area contributed by atoms with Crippen molar-refractivity contribution in [1.29, 1.82) is 0 Å². The lowest BCUT2D eigenvalue weighted by atomic mass is 10.0. The second kappa shape index (κ2) is 61.0. The van der Waals surface area contributed by atoms with Crippen LogP contribution in [-0.4, -0.2) is 24.5 Å². The smallest absolute Gasteiger partial charge is 0.00187 e. The molecule has 0 aliphatic rings. The first kappa shape index (κ1) is 56.7. The molecule has 0 heterocycles. The molecule has 0 unspecified atom stereocenters. The topological polar surface area (TPSA) is 3.24 Å². The van der Waals surface area contributed by atoms with Gasteiger partial charge in [-0.05, 0) is 38.9 Å². The first-order chi connectivity index (χ1) is 24.6. The molecule has 0 bridgehead atoms. The SMILES string of the molecule is CCC.CCCCCCCCC.CCCCCCCCC.CCCCCCCCCCCCCCCCN(CCC)CCCCCCCCC. The van der Waals surface area contributed by atoms with E-state index in [0.717, 1.165) is 0 Å². The van der Waals surface area contributed by atoms with Gasteiger partial charge < -0.3 is 4.90 Å². The van der Waals surface area contributed by atoms with E-state index >= 15 is 0 Å². The van der Waals surface area contributed by atoms with Crippen molar-refractivity contribution in [2.45, 2.75) is 300 Å². The van der Waals surface area contributed by atoms with Crippen molar-refractivity contribution in [2.75, 3.05) is 19.6 Å². The molecule has 1 nitrogen and oxygen atoms in total. The summed E-state index contributed by atoms with van der Waals surface area (Å²) in [5, 5.41) is 0. The molecule has 0 aromatic carbocycles. The quantitative estimate of drug-likeness (QED) is 0.0581. The lowest BCUT2D eigenvalue weighted by Gasteiger charge is -2.21. The van der Waals surface area contributed by atoms with Crippen LogP contribution in [0.15, 0.2) is 0 Å². The number of hydrogen-bond acceptors (Lipinski definition) is 1. The van der Waals surface area contributed by atoms with E-state index in [1.165, 1.54) is 257 Å². The van der Waals surface area contributed by atoms with Gasteiger partial charge in [-0.2, -0.15) is 0 Å². The van der Waals surface area contributed by atoms with Crippen LogP contribution in [-0.2, 0) is 0 Å². The Hall–Kier alpha value is -0.0400. The predicted molar refractivity (Wildman–Crippen MR) is 238 cm³/mol. The van der Waals surface area contributed by atoms with Gasteiger partial charge in [0.05, 0.1) is 0 Å². The van der Waals surface area contributed by atoms with E-state index < -0.39 is 0 Å². The van der Waals surface area contributed by atoms with Crippen LogP contribution in [0.4, 0.5) is 0 Å². The van der Waals surface area contributed by atoms with Gasteiger partial charge in [0.1, 0.15) is 0 Å². The molecule has 308 valence electrons. The molecule has 0 saturated carbocycles. The zero-order valence-corrected chi connectivity index (χ0v) is 37.7. The van der Waals surface area contributed by atoms with Crippen LogP contribution in [0.5, 0.6) is 0 Å². The van der Waals surface area contributed by atoms with Crippen LogP contribution in [0.25, 0.3) is 0 Å². The molecular formula is C49H107N. The highest BCUT2D eigenvalue weighted by Crippen LogP contribution is 2.14. The summed E-state index contributed by atoms with van der Waals surface area (Å²) in [6.45, 7) is 24.3. The third-order valence-corrected chi connectivity index (χ3v) is 9.86. The minimum atomic E-state index is 1.25. The van der Waals surface area contributed by atoms with Gasteiger partial charge in [0.25, 0.3) is 0 Å². The number of nitrogens with zero attached hydrogens (tertiary/aromatic N) is 1. The lowest BCUT2D eigenvalue weighted by Crippen LogP contribution is -2.27. The molecular weight excluding hydrogens is 603 g/mol. The van der Waals surface area contributed by atoms with Crippen LogP contribution >= 0.6 is 0 Å². The van der Waals surface area contributed by atoms with E-state index in [1.807, 2.05) is 0 Å². The second-order valence-corrected chi connectivity index (χ2v) is 15.8. The van der Waals surface area contributed by atoms with Crippen molar-refractivity contribution in [3.8, 4) is 0 Å². The van der Waals surface area contributed by atoms with Gasteiger partial charge in [0.2, 0.25) is 0 Å². The average molecular weight is 710 g/mol. The van der Waals surface area contributed by atoms with Gasteiger partial charge in [-0.1, -0.05) is 281 Å². The van der Waals surface area contributed by atoms with Crippen molar-refractivity contribution < 1.29 is 0 Å². The molecule has 0 saturated heterocycles. The van der Waals surface area contributed by atoms with Gasteiger partial charge >= 0.3 is 0 Å². The van der Waals surface area contributed by atoms with Crippen molar-refractivity contribution >= 4 is 0 Å². The van der Waals surface area contributed by atoms with Crippen molar-refractivity contribution in [3.05, 3.63) is 0 Å². The molecule has 1 heteroatoms. The molecule has 0 aromatic rings. The summed E-state index contributed by atoms with van der Waals surface area (Å²) in [4.78, 5) is 2.74. The molecule has 0 fully saturated rings. The largest absolute Gasteiger partial charge is 0.303 e. The molecule has 0 radical (unpaired) electrons. The summed E-state index contributed by atoms with van der Waals surface area (Å²) in [5.74, 6) is 0. The molecule has 0 aliphatic heterocycles. The summed E-state index contributed by atoms with van der Waals surface area (Å²) in [6.07, 6.45) is 53.0. The Morgan fingerprint density at radius 3 is 0.500 bits per heavy atom. The van der Waals surface area contributed by atoms with Crippen molar-refractivity contribution in [2.24, 2.45) is 0 Å². The second-order valence-electron chi connectivity index (χ2n) is 15.8. The first-order valence-corrected chi connectivity index (χ1v) is 24.3. The van der Waals surface area contributed by atoms with Gasteiger partial charge in [0, 0.05) is 0 Å². The van der Waals surface area contributed by atoms with Crippen LogP contribution in [0.2, 0.25) is 0 Å². The summed E-state index contributed by atoms with van der Waals surface area (Å²) in [6, 6.07) is 0. The zero-order valence-electron chi connectivity index (χ0n) is 37.7. The van der Waals surface area contributed by atoms with E-state index in [0.29, 0.717) is 0 Å². The number of unbranched alkanes of at least 4 members (excludes halogenated alkanes) is 31. The maximum absolute atomic E-state index is 2.74. The van der Waals surface area contributed by atoms with Crippen molar-refractivity contribution in [1.82, 2.24) is 4.90 Å². The summed E-state index contributed by atoms with van der Waals surface area (Å²) in [7, 11) is 0. The molecule has 0 aliphatic carbocycles. The summed E-state index contributed by atoms with van der Waals surface area (Å²) >= 11 is 0. The highest BCUT2D eigenvalue weighted by molar-refractivity contribution is 4.59. The van der Waals surface area contributed by atoms with Crippen LogP contribution in [0.3, 0.4) is 0 Å². The van der Waals surface area contributed by atoms with E-state index in [-0.39, 0.29) is 0 Å². The number of hydrogen-bond donors (Lipinski definition) is 0. The maximum Gasteiger partial charge on any atom is -0.00187 e. The highest BCUT2D eigenvalue weighted by atomic mass is 15.1. The zero-order chi connectivity index (χ0) is 37.9. The van der Waals surface area contributed by atoms with Gasteiger partial charge in [-0.3, -0.25) is 0 Å². The molecule has 50 heavy (non-hydrogen) atoms.